The number of aromatic nitrogens is 1. The molecule has 1 amide bonds. The van der Waals surface area contributed by atoms with Gasteiger partial charge in [0.25, 0.3) is 5.91 Å². The normalized spacial score (nSPS) is 16.2. The summed E-state index contributed by atoms with van der Waals surface area (Å²) in [5.41, 5.74) is 2.65. The van der Waals surface area contributed by atoms with Crippen molar-refractivity contribution in [3.05, 3.63) is 77.2 Å². The van der Waals surface area contributed by atoms with Crippen molar-refractivity contribution in [3.8, 4) is 0 Å². The first-order chi connectivity index (χ1) is 14.0. The molecular weight excluding hydrogens is 369 g/mol. The second-order valence-electron chi connectivity index (χ2n) is 7.49. The number of hydrogen-bond acceptors (Lipinski definition) is 4. The minimum Gasteiger partial charge on any atom is -0.387 e. The van der Waals surface area contributed by atoms with Crippen molar-refractivity contribution in [2.75, 3.05) is 32.7 Å². The van der Waals surface area contributed by atoms with Crippen molar-refractivity contribution in [1.82, 2.24) is 14.8 Å². The maximum atomic E-state index is 13.6. The Labute approximate surface area is 169 Å². The zero-order valence-corrected chi connectivity index (χ0v) is 16.4. The van der Waals surface area contributed by atoms with Crippen LogP contribution in [0.15, 0.2) is 54.6 Å². The largest absolute Gasteiger partial charge is 0.387 e. The van der Waals surface area contributed by atoms with Gasteiger partial charge in [0.15, 0.2) is 0 Å². The standard InChI is InChI=1S/C23H24FN3O2/c1-16-13-20(19-8-7-18(24)14-21(19)25-16)23(29)27-11-9-26(10-12-27)15-22(28)17-5-3-2-4-6-17/h2-8,13-14,22,28H,9-12,15H2,1H3. The predicted octanol–water partition coefficient (Wildman–Crippen LogP) is 3.17. The highest BCUT2D eigenvalue weighted by atomic mass is 19.1. The SMILES string of the molecule is Cc1cc(C(=O)N2CCN(CC(O)c3ccccc3)CC2)c2ccc(F)cc2n1. The summed E-state index contributed by atoms with van der Waals surface area (Å²) >= 11 is 0. The van der Waals surface area contributed by atoms with E-state index in [1.165, 1.54) is 12.1 Å². The van der Waals surface area contributed by atoms with Crippen LogP contribution in [0.5, 0.6) is 0 Å². The van der Waals surface area contributed by atoms with Gasteiger partial charge in [0.2, 0.25) is 0 Å². The summed E-state index contributed by atoms with van der Waals surface area (Å²) in [7, 11) is 0. The number of fused-ring (bicyclic) bond motifs is 1. The lowest BCUT2D eigenvalue weighted by molar-refractivity contribution is 0.0529. The number of aliphatic hydroxyl groups excluding tert-OH is 1. The van der Waals surface area contributed by atoms with E-state index < -0.39 is 6.10 Å². The highest BCUT2D eigenvalue weighted by Crippen LogP contribution is 2.22. The van der Waals surface area contributed by atoms with E-state index in [1.54, 1.807) is 12.1 Å². The lowest BCUT2D eigenvalue weighted by Gasteiger charge is -2.36. The van der Waals surface area contributed by atoms with Crippen LogP contribution in [0, 0.1) is 12.7 Å². The number of amides is 1. The number of piperazine rings is 1. The molecule has 2 heterocycles. The third-order valence-corrected chi connectivity index (χ3v) is 5.41. The summed E-state index contributed by atoms with van der Waals surface area (Å²) in [5, 5.41) is 11.1. The van der Waals surface area contributed by atoms with E-state index in [0.29, 0.717) is 54.9 Å². The van der Waals surface area contributed by atoms with E-state index >= 15 is 0 Å². The van der Waals surface area contributed by atoms with Gasteiger partial charge in [0.1, 0.15) is 5.82 Å². The maximum Gasteiger partial charge on any atom is 0.254 e. The Morgan fingerprint density at radius 3 is 2.55 bits per heavy atom. The number of halogens is 1. The number of carbonyl (C=O) groups excluding carboxylic acids is 1. The van der Waals surface area contributed by atoms with Crippen molar-refractivity contribution in [2.45, 2.75) is 13.0 Å². The Balaban J connectivity index is 1.44. The third-order valence-electron chi connectivity index (χ3n) is 5.41. The number of pyridine rings is 1. The van der Waals surface area contributed by atoms with E-state index in [-0.39, 0.29) is 11.7 Å². The molecule has 0 spiro atoms. The van der Waals surface area contributed by atoms with E-state index in [4.69, 9.17) is 0 Å². The summed E-state index contributed by atoms with van der Waals surface area (Å²) in [5.74, 6) is -0.421. The molecule has 3 aromatic rings. The number of rotatable bonds is 4. The molecule has 29 heavy (non-hydrogen) atoms. The molecule has 2 aromatic carbocycles. The zero-order chi connectivity index (χ0) is 20.4. The number of nitrogens with zero attached hydrogens (tertiary/aromatic N) is 3. The molecule has 1 N–H and O–H groups in total. The Morgan fingerprint density at radius 2 is 1.83 bits per heavy atom. The van der Waals surface area contributed by atoms with Gasteiger partial charge in [-0.3, -0.25) is 14.7 Å². The highest BCUT2D eigenvalue weighted by molar-refractivity contribution is 6.06. The average Bonchev–Trinajstić information content (AvgIpc) is 2.73. The number of aryl methyl sites for hydroxylation is 1. The van der Waals surface area contributed by atoms with Crippen LogP contribution in [0.1, 0.15) is 27.7 Å². The summed E-state index contributed by atoms with van der Waals surface area (Å²) in [4.78, 5) is 21.5. The van der Waals surface area contributed by atoms with Crippen LogP contribution in [-0.4, -0.2) is 58.5 Å². The molecule has 1 aliphatic heterocycles. The van der Waals surface area contributed by atoms with Gasteiger partial charge in [-0.15, -0.1) is 0 Å². The second-order valence-corrected chi connectivity index (χ2v) is 7.49. The van der Waals surface area contributed by atoms with Gasteiger partial charge in [0, 0.05) is 49.9 Å². The number of benzene rings is 2. The molecule has 150 valence electrons. The van der Waals surface area contributed by atoms with Crippen LogP contribution in [0.25, 0.3) is 10.9 Å². The van der Waals surface area contributed by atoms with Crippen LogP contribution >= 0.6 is 0 Å². The topological polar surface area (TPSA) is 56.7 Å². The van der Waals surface area contributed by atoms with Crippen molar-refractivity contribution in [3.63, 3.8) is 0 Å². The second kappa shape index (κ2) is 8.27. The van der Waals surface area contributed by atoms with Crippen LogP contribution in [-0.2, 0) is 0 Å². The number of β-amino-alcohol motifs (C(OH)–C–C–N with tert-alkyl or cyclic N) is 1. The van der Waals surface area contributed by atoms with Gasteiger partial charge >= 0.3 is 0 Å². The molecule has 1 unspecified atom stereocenters. The Morgan fingerprint density at radius 1 is 1.10 bits per heavy atom. The van der Waals surface area contributed by atoms with E-state index in [1.807, 2.05) is 42.2 Å². The molecule has 1 saturated heterocycles. The fourth-order valence-electron chi connectivity index (χ4n) is 3.84. The molecule has 1 fully saturated rings. The van der Waals surface area contributed by atoms with E-state index in [9.17, 15) is 14.3 Å². The molecule has 0 saturated carbocycles. The molecule has 0 radical (unpaired) electrons. The molecule has 1 atom stereocenters. The quantitative estimate of drug-likeness (QED) is 0.740. The summed E-state index contributed by atoms with van der Waals surface area (Å²) in [6.45, 7) is 4.93. The van der Waals surface area contributed by atoms with Crippen molar-refractivity contribution in [2.24, 2.45) is 0 Å². The third kappa shape index (κ3) is 4.28. The zero-order valence-electron chi connectivity index (χ0n) is 16.4. The fraction of sp³-hybridized carbons (Fsp3) is 0.304. The lowest BCUT2D eigenvalue weighted by Crippen LogP contribution is -2.49. The van der Waals surface area contributed by atoms with Crippen LogP contribution in [0.3, 0.4) is 0 Å². The minimum absolute atomic E-state index is 0.0598. The van der Waals surface area contributed by atoms with Crippen molar-refractivity contribution in [1.29, 1.82) is 0 Å². The van der Waals surface area contributed by atoms with Gasteiger partial charge in [-0.1, -0.05) is 30.3 Å². The minimum atomic E-state index is -0.542. The van der Waals surface area contributed by atoms with Gasteiger partial charge in [0.05, 0.1) is 17.2 Å². The number of hydrogen-bond donors (Lipinski definition) is 1. The smallest absolute Gasteiger partial charge is 0.254 e. The van der Waals surface area contributed by atoms with Crippen molar-refractivity contribution < 1.29 is 14.3 Å². The van der Waals surface area contributed by atoms with Crippen LogP contribution in [0.2, 0.25) is 0 Å². The van der Waals surface area contributed by atoms with Gasteiger partial charge < -0.3 is 10.0 Å². The lowest BCUT2D eigenvalue weighted by atomic mass is 10.1. The van der Waals surface area contributed by atoms with Crippen LogP contribution < -0.4 is 0 Å². The Hall–Kier alpha value is -2.83. The van der Waals surface area contributed by atoms with E-state index in [2.05, 4.69) is 9.88 Å². The molecule has 0 aliphatic carbocycles. The Bertz CT molecular complexity index is 1010. The van der Waals surface area contributed by atoms with Gasteiger partial charge in [-0.05, 0) is 30.7 Å². The fourth-order valence-corrected chi connectivity index (χ4v) is 3.84. The summed E-state index contributed by atoms with van der Waals surface area (Å²) in [6.07, 6.45) is -0.542. The first-order valence-corrected chi connectivity index (χ1v) is 9.83. The molecule has 4 rings (SSSR count). The number of carbonyl (C=O) groups is 1. The Kier molecular flexibility index (Phi) is 5.56. The number of aliphatic hydroxyl groups is 1. The van der Waals surface area contributed by atoms with Gasteiger partial charge in [-0.25, -0.2) is 4.39 Å². The van der Waals surface area contributed by atoms with Crippen molar-refractivity contribution >= 4 is 16.8 Å². The molecule has 6 heteroatoms. The summed E-state index contributed by atoms with van der Waals surface area (Å²) in [6, 6.07) is 15.7. The monoisotopic (exact) mass is 393 g/mol. The molecule has 5 nitrogen and oxygen atoms in total. The molecule has 1 aliphatic rings. The van der Waals surface area contributed by atoms with Crippen LogP contribution in [0.4, 0.5) is 4.39 Å². The first-order valence-electron chi connectivity index (χ1n) is 9.83. The van der Waals surface area contributed by atoms with E-state index in [0.717, 1.165) is 5.56 Å². The molecular formula is C23H24FN3O2. The van der Waals surface area contributed by atoms with Gasteiger partial charge in [-0.2, -0.15) is 0 Å². The highest BCUT2D eigenvalue weighted by Gasteiger charge is 2.25. The molecule has 1 aromatic heterocycles. The first kappa shape index (κ1) is 19.5. The predicted molar refractivity (Wildman–Crippen MR) is 110 cm³/mol. The maximum absolute atomic E-state index is 13.6. The molecule has 0 bridgehead atoms. The summed E-state index contributed by atoms with van der Waals surface area (Å²) < 4.78 is 13.6. The average molecular weight is 393 g/mol.